The van der Waals surface area contributed by atoms with E-state index in [-0.39, 0.29) is 24.8 Å². The first kappa shape index (κ1) is 19.7. The van der Waals surface area contributed by atoms with E-state index < -0.39 is 5.97 Å². The van der Waals surface area contributed by atoms with Crippen molar-refractivity contribution in [3.63, 3.8) is 0 Å². The Hall–Kier alpha value is -2.67. The van der Waals surface area contributed by atoms with Crippen LogP contribution in [0.3, 0.4) is 0 Å². The Labute approximate surface area is 156 Å². The summed E-state index contributed by atoms with van der Waals surface area (Å²) >= 11 is 1.34. The van der Waals surface area contributed by atoms with Crippen molar-refractivity contribution < 1.29 is 19.1 Å². The topological polar surface area (TPSA) is 84.5 Å². The van der Waals surface area contributed by atoms with Gasteiger partial charge in [-0.1, -0.05) is 12.1 Å². The fraction of sp³-hybridized carbons (Fsp3) is 0.316. The van der Waals surface area contributed by atoms with Gasteiger partial charge in [-0.05, 0) is 45.4 Å². The molecule has 2 aromatic rings. The zero-order chi connectivity index (χ0) is 19.3. The maximum atomic E-state index is 12.3. The highest BCUT2D eigenvalue weighted by atomic mass is 32.1. The van der Waals surface area contributed by atoms with Crippen LogP contribution in [0.4, 0.5) is 10.7 Å². The number of hydrogen-bond acceptors (Lipinski definition) is 6. The highest BCUT2D eigenvalue weighted by molar-refractivity contribution is 7.16. The van der Waals surface area contributed by atoms with Crippen LogP contribution >= 0.6 is 11.3 Å². The smallest absolute Gasteiger partial charge is 0.341 e. The number of carbonyl (C=O) groups is 3. The number of thiophene rings is 1. The Morgan fingerprint density at radius 2 is 1.85 bits per heavy atom. The lowest BCUT2D eigenvalue weighted by atomic mass is 10.1. The summed E-state index contributed by atoms with van der Waals surface area (Å²) in [5, 5.41) is 6.20. The van der Waals surface area contributed by atoms with Crippen LogP contribution in [-0.2, 0) is 9.53 Å². The molecule has 0 fully saturated rings. The molecule has 0 aliphatic heterocycles. The summed E-state index contributed by atoms with van der Waals surface area (Å²) in [5.74, 6) is -0.836. The van der Waals surface area contributed by atoms with Crippen molar-refractivity contribution in [1.82, 2.24) is 0 Å². The number of para-hydroxylation sites is 1. The van der Waals surface area contributed by atoms with Crippen LogP contribution < -0.4 is 10.6 Å². The van der Waals surface area contributed by atoms with E-state index in [2.05, 4.69) is 10.6 Å². The minimum absolute atomic E-state index is 0.0252. The Balaban J connectivity index is 2.11. The van der Waals surface area contributed by atoms with Gasteiger partial charge in [-0.2, -0.15) is 0 Å². The summed E-state index contributed by atoms with van der Waals surface area (Å²) < 4.78 is 5.08. The molecule has 138 valence electrons. The molecule has 2 rings (SSSR count). The van der Waals surface area contributed by atoms with E-state index in [4.69, 9.17) is 4.74 Å². The molecule has 0 aliphatic carbocycles. The van der Waals surface area contributed by atoms with Gasteiger partial charge in [-0.15, -0.1) is 11.3 Å². The average molecular weight is 374 g/mol. The van der Waals surface area contributed by atoms with Crippen molar-refractivity contribution in [2.24, 2.45) is 0 Å². The average Bonchev–Trinajstić information content (AvgIpc) is 2.87. The van der Waals surface area contributed by atoms with E-state index >= 15 is 0 Å². The van der Waals surface area contributed by atoms with Gasteiger partial charge in [-0.25, -0.2) is 4.79 Å². The summed E-state index contributed by atoms with van der Waals surface area (Å²) in [5.41, 5.74) is 2.32. The number of esters is 1. The van der Waals surface area contributed by atoms with Crippen LogP contribution in [-0.4, -0.2) is 30.8 Å². The molecule has 7 heteroatoms. The summed E-state index contributed by atoms with van der Waals surface area (Å²) in [7, 11) is 0. The van der Waals surface area contributed by atoms with Gasteiger partial charge in [0.15, 0.2) is 5.78 Å². The molecule has 0 saturated heterocycles. The number of benzene rings is 1. The van der Waals surface area contributed by atoms with E-state index in [0.29, 0.717) is 21.8 Å². The Bertz CT molecular complexity index is 842. The molecule has 1 aromatic carbocycles. The van der Waals surface area contributed by atoms with Crippen LogP contribution in [0.25, 0.3) is 0 Å². The Morgan fingerprint density at radius 1 is 1.15 bits per heavy atom. The van der Waals surface area contributed by atoms with Gasteiger partial charge >= 0.3 is 5.97 Å². The van der Waals surface area contributed by atoms with E-state index in [0.717, 1.165) is 10.4 Å². The normalized spacial score (nSPS) is 10.3. The zero-order valence-corrected chi connectivity index (χ0v) is 16.1. The minimum Gasteiger partial charge on any atom is -0.462 e. The maximum Gasteiger partial charge on any atom is 0.341 e. The molecular formula is C19H22N2O4S. The SMILES string of the molecule is CCOC(=O)c1c(NC(=O)CNc2ccccc2C(C)=O)sc(C)c1C. The van der Waals surface area contributed by atoms with Gasteiger partial charge in [0, 0.05) is 16.1 Å². The monoisotopic (exact) mass is 374 g/mol. The van der Waals surface area contributed by atoms with Crippen molar-refractivity contribution in [1.29, 1.82) is 0 Å². The summed E-state index contributed by atoms with van der Waals surface area (Å²) in [6, 6.07) is 7.00. The zero-order valence-electron chi connectivity index (χ0n) is 15.3. The van der Waals surface area contributed by atoms with E-state index in [9.17, 15) is 14.4 Å². The van der Waals surface area contributed by atoms with Crippen molar-refractivity contribution in [2.75, 3.05) is 23.8 Å². The largest absolute Gasteiger partial charge is 0.462 e. The number of ketones is 1. The molecule has 0 atom stereocenters. The van der Waals surface area contributed by atoms with Gasteiger partial charge < -0.3 is 15.4 Å². The minimum atomic E-state index is -0.445. The Morgan fingerprint density at radius 3 is 2.50 bits per heavy atom. The molecule has 0 bridgehead atoms. The van der Waals surface area contributed by atoms with E-state index in [1.54, 1.807) is 31.2 Å². The van der Waals surface area contributed by atoms with Crippen LogP contribution in [0.1, 0.15) is 45.0 Å². The van der Waals surface area contributed by atoms with Gasteiger partial charge in [0.1, 0.15) is 5.00 Å². The first-order chi connectivity index (χ1) is 12.3. The molecule has 1 aromatic heterocycles. The maximum absolute atomic E-state index is 12.3. The number of ether oxygens (including phenoxy) is 1. The molecule has 2 N–H and O–H groups in total. The first-order valence-electron chi connectivity index (χ1n) is 8.25. The number of anilines is 2. The lowest BCUT2D eigenvalue weighted by Crippen LogP contribution is -2.23. The van der Waals surface area contributed by atoms with Crippen molar-refractivity contribution in [3.8, 4) is 0 Å². The van der Waals surface area contributed by atoms with Gasteiger partial charge in [0.05, 0.1) is 18.7 Å². The third kappa shape index (κ3) is 4.49. The fourth-order valence-electron chi connectivity index (χ4n) is 2.45. The first-order valence-corrected chi connectivity index (χ1v) is 9.07. The molecular weight excluding hydrogens is 352 g/mol. The van der Waals surface area contributed by atoms with Crippen molar-refractivity contribution >= 4 is 39.7 Å². The third-order valence-corrected chi connectivity index (χ3v) is 4.99. The van der Waals surface area contributed by atoms with Crippen molar-refractivity contribution in [3.05, 3.63) is 45.8 Å². The van der Waals surface area contributed by atoms with Gasteiger partial charge in [-0.3, -0.25) is 9.59 Å². The number of carbonyl (C=O) groups excluding carboxylic acids is 3. The highest BCUT2D eigenvalue weighted by Crippen LogP contribution is 2.33. The number of nitrogens with one attached hydrogen (secondary N) is 2. The van der Waals surface area contributed by atoms with Gasteiger partial charge in [0.25, 0.3) is 0 Å². The summed E-state index contributed by atoms with van der Waals surface area (Å²) in [4.78, 5) is 37.1. The summed E-state index contributed by atoms with van der Waals surface area (Å²) in [6.07, 6.45) is 0. The second-order valence-corrected chi connectivity index (χ2v) is 6.94. The summed E-state index contributed by atoms with van der Waals surface area (Å²) in [6.45, 7) is 7.17. The molecule has 0 spiro atoms. The predicted molar refractivity (Wildman–Crippen MR) is 103 cm³/mol. The fourth-order valence-corrected chi connectivity index (χ4v) is 3.52. The van der Waals surface area contributed by atoms with Gasteiger partial charge in [0.2, 0.25) is 5.91 Å². The molecule has 26 heavy (non-hydrogen) atoms. The molecule has 0 unspecified atom stereocenters. The molecule has 1 amide bonds. The number of amides is 1. The molecule has 0 radical (unpaired) electrons. The van der Waals surface area contributed by atoms with Crippen LogP contribution in [0, 0.1) is 13.8 Å². The second-order valence-electron chi connectivity index (χ2n) is 5.71. The number of rotatable bonds is 7. The lowest BCUT2D eigenvalue weighted by molar-refractivity contribution is -0.114. The highest BCUT2D eigenvalue weighted by Gasteiger charge is 2.22. The third-order valence-electron chi connectivity index (χ3n) is 3.86. The molecule has 0 saturated carbocycles. The number of hydrogen-bond donors (Lipinski definition) is 2. The van der Waals surface area contributed by atoms with Crippen molar-refractivity contribution in [2.45, 2.75) is 27.7 Å². The number of Topliss-reactive ketones (excluding diaryl/α,β-unsaturated/α-hetero) is 1. The molecule has 1 heterocycles. The lowest BCUT2D eigenvalue weighted by Gasteiger charge is -2.11. The van der Waals surface area contributed by atoms with Crippen LogP contribution in [0.2, 0.25) is 0 Å². The van der Waals surface area contributed by atoms with E-state index in [1.165, 1.54) is 18.3 Å². The second kappa shape index (κ2) is 8.62. The Kier molecular flexibility index (Phi) is 6.52. The quantitative estimate of drug-likeness (QED) is 0.569. The van der Waals surface area contributed by atoms with E-state index in [1.807, 2.05) is 13.8 Å². The van der Waals surface area contributed by atoms with Crippen LogP contribution in [0.5, 0.6) is 0 Å². The van der Waals surface area contributed by atoms with Crippen LogP contribution in [0.15, 0.2) is 24.3 Å². The molecule has 0 aliphatic rings. The number of aryl methyl sites for hydroxylation is 1. The standard InChI is InChI=1S/C19H22N2O4S/c1-5-25-19(24)17-11(2)13(4)26-18(17)21-16(23)10-20-15-9-7-6-8-14(15)12(3)22/h6-9,20H,5,10H2,1-4H3,(H,21,23). The predicted octanol–water partition coefficient (Wildman–Crippen LogP) is 3.79. The molecule has 6 nitrogen and oxygen atoms in total.